The summed E-state index contributed by atoms with van der Waals surface area (Å²) >= 11 is 5.65. The van der Waals surface area contributed by atoms with Crippen molar-refractivity contribution in [3.63, 3.8) is 0 Å². The summed E-state index contributed by atoms with van der Waals surface area (Å²) in [5.74, 6) is 0.102. The number of nitrogens with one attached hydrogen (secondary N) is 1. The average Bonchev–Trinajstić information content (AvgIpc) is 3.16. The van der Waals surface area contributed by atoms with Gasteiger partial charge in [0.05, 0.1) is 129 Å². The Morgan fingerprint density at radius 1 is 0.519 bits per heavy atom. The Morgan fingerprint density at radius 2 is 0.944 bits per heavy atom. The molecule has 1 N–H and O–H groups in total. The topological polar surface area (TPSA) is 121 Å². The monoisotopic (exact) mass is 795 g/mol. The van der Waals surface area contributed by atoms with E-state index >= 15 is 0 Å². The molecule has 0 bridgehead atoms. The number of rotatable bonds is 36. The molecule has 0 aliphatic carbocycles. The van der Waals surface area contributed by atoms with Crippen molar-refractivity contribution in [1.29, 1.82) is 0 Å². The van der Waals surface area contributed by atoms with Gasteiger partial charge >= 0.3 is 12.1 Å². The van der Waals surface area contributed by atoms with Crippen molar-refractivity contribution in [3.05, 3.63) is 59.7 Å². The molecule has 0 aromatic heterocycles. The summed E-state index contributed by atoms with van der Waals surface area (Å²) in [5, 5.41) is 2.86. The summed E-state index contributed by atoms with van der Waals surface area (Å²) in [6.07, 6.45) is -0.0440. The maximum atomic E-state index is 13.0. The molecule has 0 aliphatic heterocycles. The number of alkyl halides is 4. The molecule has 0 atom stereocenters. The van der Waals surface area contributed by atoms with Crippen molar-refractivity contribution < 1.29 is 65.3 Å². The van der Waals surface area contributed by atoms with Crippen LogP contribution in [-0.4, -0.2) is 137 Å². The average molecular weight is 796 g/mol. The van der Waals surface area contributed by atoms with Crippen molar-refractivity contribution >= 4 is 28.9 Å². The fraction of sp³-hybridized carbons (Fsp3) is 0.658. The van der Waals surface area contributed by atoms with Gasteiger partial charge in [-0.3, -0.25) is 0 Å². The van der Waals surface area contributed by atoms with Gasteiger partial charge < -0.3 is 52.7 Å². The Labute approximate surface area is 322 Å². The highest BCUT2D eigenvalue weighted by Gasteiger charge is 2.30. The number of anilines is 2. The van der Waals surface area contributed by atoms with Gasteiger partial charge in [-0.05, 0) is 43.2 Å². The molecule has 12 nitrogen and oxygen atoms in total. The van der Waals surface area contributed by atoms with E-state index < -0.39 is 17.7 Å². The number of benzene rings is 2. The Kier molecular flexibility index (Phi) is 28.8. The Hall–Kier alpha value is -2.57. The highest BCUT2D eigenvalue weighted by atomic mass is 35.5. The predicted octanol–water partition coefficient (Wildman–Crippen LogP) is 6.55. The number of esters is 1. The molecule has 0 unspecified atom stereocenters. The third-order valence-electron chi connectivity index (χ3n) is 7.23. The van der Waals surface area contributed by atoms with Crippen molar-refractivity contribution in [2.45, 2.75) is 31.9 Å². The summed E-state index contributed by atoms with van der Waals surface area (Å²) in [6.45, 7) is 8.32. The number of hydrogen-bond donors (Lipinski definition) is 1. The molecule has 2 aromatic carbocycles. The van der Waals surface area contributed by atoms with E-state index in [-0.39, 0.29) is 24.5 Å². The molecule has 0 spiro atoms. The summed E-state index contributed by atoms with van der Waals surface area (Å²) in [7, 11) is 0. The number of halogens is 4. The van der Waals surface area contributed by atoms with Crippen LogP contribution in [0.1, 0.15) is 41.6 Å². The van der Waals surface area contributed by atoms with E-state index in [1.165, 1.54) is 18.2 Å². The molecule has 0 heterocycles. The summed E-state index contributed by atoms with van der Waals surface area (Å²) in [5.41, 5.74) is -0.0870. The first-order valence-corrected chi connectivity index (χ1v) is 18.9. The largest absolute Gasteiger partial charge is 0.460 e. The highest BCUT2D eigenvalue weighted by molar-refractivity contribution is 6.17. The minimum atomic E-state index is -4.48. The van der Waals surface area contributed by atoms with Gasteiger partial charge in [0.15, 0.2) is 0 Å². The fourth-order valence-corrected chi connectivity index (χ4v) is 4.67. The normalized spacial score (nSPS) is 11.6. The van der Waals surface area contributed by atoms with E-state index in [1.54, 1.807) is 18.2 Å². The van der Waals surface area contributed by atoms with Crippen LogP contribution in [0.15, 0.2) is 48.5 Å². The molecule has 16 heteroatoms. The van der Waals surface area contributed by atoms with E-state index in [0.717, 1.165) is 50.3 Å². The van der Waals surface area contributed by atoms with E-state index in [1.807, 2.05) is 0 Å². The number of carbonyl (C=O) groups is 1. The Balaban J connectivity index is 1.29. The molecule has 0 radical (unpaired) electrons. The van der Waals surface area contributed by atoms with Crippen LogP contribution in [0, 0.1) is 0 Å². The lowest BCUT2D eigenvalue weighted by atomic mass is 10.1. The lowest BCUT2D eigenvalue weighted by molar-refractivity contribution is -0.137. The maximum Gasteiger partial charge on any atom is 0.416 e. The van der Waals surface area contributed by atoms with Crippen LogP contribution in [0.3, 0.4) is 0 Å². The quantitative estimate of drug-likeness (QED) is 0.0457. The molecule has 308 valence electrons. The lowest BCUT2D eigenvalue weighted by Gasteiger charge is -2.13. The molecule has 0 amide bonds. The van der Waals surface area contributed by atoms with E-state index in [0.29, 0.717) is 111 Å². The van der Waals surface area contributed by atoms with Crippen molar-refractivity contribution in [2.24, 2.45) is 0 Å². The molecular weight excluding hydrogens is 739 g/mol. The highest BCUT2D eigenvalue weighted by Crippen LogP contribution is 2.32. The van der Waals surface area contributed by atoms with Gasteiger partial charge in [-0.25, -0.2) is 4.79 Å². The minimum absolute atomic E-state index is 0.000455. The zero-order valence-corrected chi connectivity index (χ0v) is 31.8. The number of unbranched alkanes of at least 4 members (excludes halogenated alkanes) is 3. The van der Waals surface area contributed by atoms with Gasteiger partial charge in [0.1, 0.15) is 6.61 Å². The van der Waals surface area contributed by atoms with Gasteiger partial charge in [-0.1, -0.05) is 31.0 Å². The zero-order chi connectivity index (χ0) is 38.8. The van der Waals surface area contributed by atoms with E-state index in [9.17, 15) is 18.0 Å². The lowest BCUT2D eigenvalue weighted by Crippen LogP contribution is -2.16. The van der Waals surface area contributed by atoms with Crippen molar-refractivity contribution in [1.82, 2.24) is 0 Å². The van der Waals surface area contributed by atoms with Crippen molar-refractivity contribution in [3.8, 4) is 0 Å². The first-order chi connectivity index (χ1) is 26.4. The molecule has 0 saturated carbocycles. The first kappa shape index (κ1) is 47.6. The van der Waals surface area contributed by atoms with Crippen LogP contribution >= 0.6 is 11.6 Å². The van der Waals surface area contributed by atoms with Crippen LogP contribution in [-0.2, 0) is 53.5 Å². The zero-order valence-electron chi connectivity index (χ0n) is 31.1. The second-order valence-electron chi connectivity index (χ2n) is 11.5. The predicted molar refractivity (Wildman–Crippen MR) is 198 cm³/mol. The maximum absolute atomic E-state index is 13.0. The first-order valence-electron chi connectivity index (χ1n) is 18.4. The van der Waals surface area contributed by atoms with Gasteiger partial charge in [0, 0.05) is 18.2 Å². The molecular formula is C38H57ClF3NO11. The standard InChI is InChI=1S/C38H57ClF3NO11/c39-12-5-1-2-6-13-45-14-15-46-16-17-47-18-19-48-20-21-49-22-23-50-24-25-51-26-27-52-28-29-53-30-31-54-37(44)35-10-3-4-11-36(35)43-34-9-7-8-33(32-34)38(40,41)42/h3-4,7-11,32,43H,1-2,5-6,12-31H2. The SMILES string of the molecule is O=C(OCCOCCOCCOCCOCCOCCOCCOCCOCCOCCCCCCCl)c1ccccc1Nc1cccc(C(F)(F)F)c1. The third-order valence-corrected chi connectivity index (χ3v) is 7.49. The van der Waals surface area contributed by atoms with Crippen LogP contribution < -0.4 is 5.32 Å². The second kappa shape index (κ2) is 32.7. The summed E-state index contributed by atoms with van der Waals surface area (Å²) in [6, 6.07) is 11.1. The number of hydrogen-bond acceptors (Lipinski definition) is 12. The number of ether oxygens (including phenoxy) is 10. The number of carbonyl (C=O) groups excluding carboxylic acids is 1. The smallest absolute Gasteiger partial charge is 0.416 e. The molecule has 0 fully saturated rings. The van der Waals surface area contributed by atoms with Gasteiger partial charge in [-0.15, -0.1) is 11.6 Å². The fourth-order valence-electron chi connectivity index (χ4n) is 4.48. The van der Waals surface area contributed by atoms with Crippen LogP contribution in [0.4, 0.5) is 24.5 Å². The third kappa shape index (κ3) is 25.5. The molecule has 2 rings (SSSR count). The van der Waals surface area contributed by atoms with Crippen LogP contribution in [0.2, 0.25) is 0 Å². The van der Waals surface area contributed by atoms with E-state index in [4.69, 9.17) is 59.0 Å². The second-order valence-corrected chi connectivity index (χ2v) is 11.9. The van der Waals surface area contributed by atoms with Gasteiger partial charge in [0.2, 0.25) is 0 Å². The van der Waals surface area contributed by atoms with Crippen molar-refractivity contribution in [2.75, 3.05) is 137 Å². The van der Waals surface area contributed by atoms with Crippen LogP contribution in [0.5, 0.6) is 0 Å². The van der Waals surface area contributed by atoms with Crippen LogP contribution in [0.25, 0.3) is 0 Å². The Morgan fingerprint density at radius 3 is 1.41 bits per heavy atom. The Bertz CT molecular complexity index is 1200. The molecule has 54 heavy (non-hydrogen) atoms. The molecule has 2 aromatic rings. The molecule has 0 saturated heterocycles. The summed E-state index contributed by atoms with van der Waals surface area (Å²) < 4.78 is 93.7. The minimum Gasteiger partial charge on any atom is -0.460 e. The molecule has 0 aliphatic rings. The number of para-hydroxylation sites is 1. The van der Waals surface area contributed by atoms with Gasteiger partial charge in [0.25, 0.3) is 0 Å². The van der Waals surface area contributed by atoms with Gasteiger partial charge in [-0.2, -0.15) is 13.2 Å². The van der Waals surface area contributed by atoms with E-state index in [2.05, 4.69) is 5.32 Å². The summed E-state index contributed by atoms with van der Waals surface area (Å²) in [4.78, 5) is 12.6.